The second kappa shape index (κ2) is 4.90. The van der Waals surface area contributed by atoms with E-state index in [2.05, 4.69) is 29.2 Å². The molecule has 2 aromatic rings. The van der Waals surface area contributed by atoms with Crippen LogP contribution in [-0.4, -0.2) is 20.8 Å². The van der Waals surface area contributed by atoms with E-state index in [1.807, 2.05) is 35.0 Å². The first-order chi connectivity index (χ1) is 7.77. The lowest BCUT2D eigenvalue weighted by Gasteiger charge is -2.09. The van der Waals surface area contributed by atoms with E-state index in [-0.39, 0.29) is 0 Å². The molecule has 4 nitrogen and oxygen atoms in total. The van der Waals surface area contributed by atoms with Crippen LogP contribution in [0.15, 0.2) is 36.7 Å². The maximum Gasteiger partial charge on any atom is 0.146 e. The molecular weight excluding hydrogens is 200 g/mol. The summed E-state index contributed by atoms with van der Waals surface area (Å²) in [5.41, 5.74) is 1.04. The zero-order chi connectivity index (χ0) is 11.4. The molecule has 0 aliphatic heterocycles. The summed E-state index contributed by atoms with van der Waals surface area (Å²) in [6.07, 6.45) is 1.59. The number of benzene rings is 1. The van der Waals surface area contributed by atoms with Gasteiger partial charge in [0.15, 0.2) is 0 Å². The van der Waals surface area contributed by atoms with Crippen molar-refractivity contribution in [3.8, 4) is 5.69 Å². The Morgan fingerprint density at radius 2 is 2.00 bits per heavy atom. The van der Waals surface area contributed by atoms with Crippen LogP contribution in [-0.2, 0) is 6.54 Å². The van der Waals surface area contributed by atoms with Gasteiger partial charge in [0.1, 0.15) is 12.2 Å². The van der Waals surface area contributed by atoms with Gasteiger partial charge >= 0.3 is 0 Å². The van der Waals surface area contributed by atoms with E-state index in [0.29, 0.717) is 6.04 Å². The Bertz CT molecular complexity index is 433. The third kappa shape index (κ3) is 2.46. The highest BCUT2D eigenvalue weighted by molar-refractivity contribution is 5.30. The molecule has 1 aromatic heterocycles. The average molecular weight is 216 g/mol. The Morgan fingerprint density at radius 1 is 1.25 bits per heavy atom. The van der Waals surface area contributed by atoms with Crippen LogP contribution in [0.2, 0.25) is 0 Å². The van der Waals surface area contributed by atoms with E-state index >= 15 is 0 Å². The van der Waals surface area contributed by atoms with Gasteiger partial charge in [-0.15, -0.1) is 0 Å². The molecule has 0 amide bonds. The lowest BCUT2D eigenvalue weighted by atomic mass is 10.3. The molecule has 0 unspecified atom stereocenters. The molecule has 0 aliphatic carbocycles. The topological polar surface area (TPSA) is 42.7 Å². The first-order valence-electron chi connectivity index (χ1n) is 5.45. The van der Waals surface area contributed by atoms with Crippen molar-refractivity contribution < 1.29 is 0 Å². The second-order valence-corrected chi connectivity index (χ2v) is 3.96. The van der Waals surface area contributed by atoms with Crippen LogP contribution in [0.4, 0.5) is 0 Å². The number of rotatable bonds is 4. The fraction of sp³-hybridized carbons (Fsp3) is 0.333. The minimum atomic E-state index is 0.445. The second-order valence-electron chi connectivity index (χ2n) is 3.96. The Kier molecular flexibility index (Phi) is 3.31. The van der Waals surface area contributed by atoms with Gasteiger partial charge in [-0.25, -0.2) is 9.67 Å². The van der Waals surface area contributed by atoms with E-state index in [4.69, 9.17) is 0 Å². The first-order valence-corrected chi connectivity index (χ1v) is 5.45. The van der Waals surface area contributed by atoms with Gasteiger partial charge in [0, 0.05) is 6.04 Å². The summed E-state index contributed by atoms with van der Waals surface area (Å²) < 4.78 is 1.86. The van der Waals surface area contributed by atoms with Crippen LogP contribution < -0.4 is 5.32 Å². The Hall–Kier alpha value is -1.68. The highest BCUT2D eigenvalue weighted by atomic mass is 15.3. The highest BCUT2D eigenvalue weighted by Gasteiger charge is 2.05. The predicted octanol–water partition coefficient (Wildman–Crippen LogP) is 1.77. The molecule has 16 heavy (non-hydrogen) atoms. The first kappa shape index (κ1) is 10.8. The van der Waals surface area contributed by atoms with Gasteiger partial charge in [0.25, 0.3) is 0 Å². The van der Waals surface area contributed by atoms with Gasteiger partial charge in [-0.1, -0.05) is 32.0 Å². The molecule has 1 heterocycles. The van der Waals surface area contributed by atoms with Crippen molar-refractivity contribution in [2.24, 2.45) is 0 Å². The Labute approximate surface area is 95.3 Å². The minimum Gasteiger partial charge on any atom is -0.308 e. The molecule has 1 aromatic carbocycles. The minimum absolute atomic E-state index is 0.445. The van der Waals surface area contributed by atoms with Crippen molar-refractivity contribution in [3.63, 3.8) is 0 Å². The van der Waals surface area contributed by atoms with Crippen LogP contribution in [0.25, 0.3) is 5.69 Å². The molecule has 84 valence electrons. The zero-order valence-electron chi connectivity index (χ0n) is 9.59. The molecule has 0 bridgehead atoms. The predicted molar refractivity (Wildman–Crippen MR) is 63.3 cm³/mol. The summed E-state index contributed by atoms with van der Waals surface area (Å²) in [7, 11) is 0. The molecule has 2 rings (SSSR count). The largest absolute Gasteiger partial charge is 0.308 e. The summed E-state index contributed by atoms with van der Waals surface area (Å²) in [5.74, 6) is 0.930. The van der Waals surface area contributed by atoms with Crippen molar-refractivity contribution in [3.05, 3.63) is 42.5 Å². The molecule has 1 N–H and O–H groups in total. The van der Waals surface area contributed by atoms with Crippen LogP contribution >= 0.6 is 0 Å². The monoisotopic (exact) mass is 216 g/mol. The van der Waals surface area contributed by atoms with E-state index in [9.17, 15) is 0 Å². The third-order valence-corrected chi connectivity index (χ3v) is 2.29. The molecule has 0 aliphatic rings. The average Bonchev–Trinajstić information content (AvgIpc) is 2.75. The van der Waals surface area contributed by atoms with Crippen molar-refractivity contribution in [2.45, 2.75) is 26.4 Å². The zero-order valence-corrected chi connectivity index (χ0v) is 9.59. The summed E-state index contributed by atoms with van der Waals surface area (Å²) in [6, 6.07) is 10.5. The summed E-state index contributed by atoms with van der Waals surface area (Å²) >= 11 is 0. The fourth-order valence-electron chi connectivity index (χ4n) is 1.47. The van der Waals surface area contributed by atoms with E-state index in [1.54, 1.807) is 6.33 Å². The van der Waals surface area contributed by atoms with Gasteiger partial charge in [0.2, 0.25) is 0 Å². The molecule has 0 spiro atoms. The molecular formula is C12H16N4. The fourth-order valence-corrected chi connectivity index (χ4v) is 1.47. The normalized spacial score (nSPS) is 10.9. The van der Waals surface area contributed by atoms with Gasteiger partial charge in [-0.3, -0.25) is 0 Å². The van der Waals surface area contributed by atoms with Crippen molar-refractivity contribution in [1.29, 1.82) is 0 Å². The molecule has 0 fully saturated rings. The van der Waals surface area contributed by atoms with Crippen molar-refractivity contribution in [2.75, 3.05) is 0 Å². The number of hydrogen-bond donors (Lipinski definition) is 1. The SMILES string of the molecule is CC(C)NCc1ncnn1-c1ccccc1. The Morgan fingerprint density at radius 3 is 2.69 bits per heavy atom. The summed E-state index contributed by atoms with van der Waals surface area (Å²) in [6.45, 7) is 4.96. The summed E-state index contributed by atoms with van der Waals surface area (Å²) in [5, 5.41) is 7.56. The lowest BCUT2D eigenvalue weighted by Crippen LogP contribution is -2.24. The number of nitrogens with zero attached hydrogens (tertiary/aromatic N) is 3. The maximum absolute atomic E-state index is 4.25. The Balaban J connectivity index is 2.19. The van der Waals surface area contributed by atoms with Crippen LogP contribution in [0, 0.1) is 0 Å². The summed E-state index contributed by atoms with van der Waals surface area (Å²) in [4.78, 5) is 4.25. The third-order valence-electron chi connectivity index (χ3n) is 2.29. The maximum atomic E-state index is 4.25. The molecule has 4 heteroatoms. The van der Waals surface area contributed by atoms with Crippen LogP contribution in [0.1, 0.15) is 19.7 Å². The quantitative estimate of drug-likeness (QED) is 0.847. The van der Waals surface area contributed by atoms with E-state index in [1.165, 1.54) is 0 Å². The van der Waals surface area contributed by atoms with Gasteiger partial charge in [0.05, 0.1) is 12.2 Å². The van der Waals surface area contributed by atoms with Crippen LogP contribution in [0.3, 0.4) is 0 Å². The van der Waals surface area contributed by atoms with E-state index in [0.717, 1.165) is 18.1 Å². The van der Waals surface area contributed by atoms with Gasteiger partial charge in [-0.05, 0) is 12.1 Å². The lowest BCUT2D eigenvalue weighted by molar-refractivity contribution is 0.563. The van der Waals surface area contributed by atoms with Crippen molar-refractivity contribution >= 4 is 0 Å². The molecule has 0 saturated heterocycles. The van der Waals surface area contributed by atoms with E-state index < -0.39 is 0 Å². The van der Waals surface area contributed by atoms with Gasteiger partial charge < -0.3 is 5.32 Å². The van der Waals surface area contributed by atoms with Crippen LogP contribution in [0.5, 0.6) is 0 Å². The molecule has 0 saturated carbocycles. The van der Waals surface area contributed by atoms with Gasteiger partial charge in [-0.2, -0.15) is 5.10 Å². The standard InChI is InChI=1S/C12H16N4/c1-10(2)13-8-12-14-9-15-16(12)11-6-4-3-5-7-11/h3-7,9-10,13H,8H2,1-2H3. The van der Waals surface area contributed by atoms with Crippen molar-refractivity contribution in [1.82, 2.24) is 20.1 Å². The highest BCUT2D eigenvalue weighted by Crippen LogP contribution is 2.07. The molecule has 0 radical (unpaired) electrons. The number of para-hydroxylation sites is 1. The number of nitrogens with one attached hydrogen (secondary N) is 1. The number of hydrogen-bond acceptors (Lipinski definition) is 3. The molecule has 0 atom stereocenters. The number of aromatic nitrogens is 3. The smallest absolute Gasteiger partial charge is 0.146 e.